The van der Waals surface area contributed by atoms with E-state index in [-0.39, 0.29) is 11.1 Å². The van der Waals surface area contributed by atoms with Crippen LogP contribution in [0.15, 0.2) is 18.2 Å². The van der Waals surface area contributed by atoms with Gasteiger partial charge in [-0.05, 0) is 18.2 Å². The smallest absolute Gasteiger partial charge is 0.335 e. The van der Waals surface area contributed by atoms with Crippen LogP contribution < -0.4 is 0 Å². The summed E-state index contributed by atoms with van der Waals surface area (Å²) < 4.78 is 0. The Morgan fingerprint density at radius 1 is 0.923 bits per heavy atom. The maximum atomic E-state index is 10.8. The van der Waals surface area contributed by atoms with E-state index in [0.717, 1.165) is 18.2 Å². The van der Waals surface area contributed by atoms with Gasteiger partial charge in [-0.25, -0.2) is 9.59 Å². The summed E-state index contributed by atoms with van der Waals surface area (Å²) >= 11 is 0. The van der Waals surface area contributed by atoms with Gasteiger partial charge >= 0.3 is 11.9 Å². The monoisotopic (exact) mass is 181 g/mol. The summed E-state index contributed by atoms with van der Waals surface area (Å²) in [5.74, 6) is -3.27. The van der Waals surface area contributed by atoms with Crippen LogP contribution in [-0.4, -0.2) is 22.2 Å². The summed E-state index contributed by atoms with van der Waals surface area (Å²) in [4.78, 5) is 20.8. The number of hydrogen-bond acceptors (Lipinski definition) is 2. The van der Waals surface area contributed by atoms with Gasteiger partial charge in [0.1, 0.15) is 0 Å². The van der Waals surface area contributed by atoms with Crippen LogP contribution in [0, 0.1) is 0 Å². The number of hydrogen-bond donors (Lipinski definition) is 2. The third kappa shape index (κ3) is 1.96. The summed E-state index contributed by atoms with van der Waals surface area (Å²) in [5.41, 5.74) is -0.630. The second-order valence-corrected chi connectivity index (χ2v) is 2.36. The van der Waals surface area contributed by atoms with Crippen molar-refractivity contribution in [2.75, 3.05) is 0 Å². The Morgan fingerprint density at radius 2 is 1.31 bits per heavy atom. The van der Waals surface area contributed by atoms with Crippen LogP contribution in [0.2, 0.25) is 0 Å². The molecule has 1 rings (SSSR count). The summed E-state index contributed by atoms with van der Waals surface area (Å²) in [5, 5.41) is 27.8. The Morgan fingerprint density at radius 3 is 1.62 bits per heavy atom. The van der Waals surface area contributed by atoms with Crippen molar-refractivity contribution >= 4 is 11.9 Å². The quantitative estimate of drug-likeness (QED) is 0.717. The van der Waals surface area contributed by atoms with Gasteiger partial charge in [-0.15, -0.1) is 0 Å². The molecule has 0 heterocycles. The third-order valence-electron chi connectivity index (χ3n) is 1.40. The number of benzene rings is 1. The average Bonchev–Trinajstić information content (AvgIpc) is 2.03. The predicted molar refractivity (Wildman–Crippen MR) is 40.5 cm³/mol. The molecular weight excluding hydrogens is 176 g/mol. The van der Waals surface area contributed by atoms with Crippen LogP contribution in [0.5, 0.6) is 5.75 Å². The second-order valence-electron chi connectivity index (χ2n) is 2.36. The fourth-order valence-corrected chi connectivity index (χ4v) is 0.846. The summed E-state index contributed by atoms with van der Waals surface area (Å²) in [7, 11) is 0. The molecule has 0 spiro atoms. The lowest BCUT2D eigenvalue weighted by Crippen LogP contribution is -2.01. The maximum absolute atomic E-state index is 10.8. The fourth-order valence-electron chi connectivity index (χ4n) is 0.846. The molecule has 0 fully saturated rings. The SMILES string of the molecule is [O]c1cc(C(=O)O)cc(C(=O)O)c1. The first-order valence-electron chi connectivity index (χ1n) is 3.29. The molecule has 0 aromatic heterocycles. The first-order valence-corrected chi connectivity index (χ1v) is 3.29. The van der Waals surface area contributed by atoms with Crippen LogP contribution in [-0.2, 0) is 5.11 Å². The lowest BCUT2D eigenvalue weighted by molar-refractivity contribution is 0.0696. The van der Waals surface area contributed by atoms with Gasteiger partial charge in [-0.1, -0.05) is 0 Å². The van der Waals surface area contributed by atoms with E-state index in [2.05, 4.69) is 0 Å². The Balaban J connectivity index is 3.26. The molecule has 1 aromatic rings. The van der Waals surface area contributed by atoms with Crippen molar-refractivity contribution in [3.05, 3.63) is 29.3 Å². The van der Waals surface area contributed by atoms with E-state index in [9.17, 15) is 14.7 Å². The van der Waals surface area contributed by atoms with Crippen molar-refractivity contribution in [2.24, 2.45) is 0 Å². The van der Waals surface area contributed by atoms with Gasteiger partial charge in [0.05, 0.1) is 11.1 Å². The minimum absolute atomic E-state index is 0.315. The normalized spacial score (nSPS) is 9.54. The average molecular weight is 181 g/mol. The van der Waals surface area contributed by atoms with Crippen LogP contribution in [0.4, 0.5) is 0 Å². The van der Waals surface area contributed by atoms with Crippen molar-refractivity contribution in [1.29, 1.82) is 0 Å². The van der Waals surface area contributed by atoms with Crippen LogP contribution in [0.3, 0.4) is 0 Å². The van der Waals surface area contributed by atoms with Gasteiger partial charge in [0.15, 0.2) is 5.75 Å². The highest BCUT2D eigenvalue weighted by atomic mass is 16.4. The van der Waals surface area contributed by atoms with Crippen molar-refractivity contribution in [3.63, 3.8) is 0 Å². The molecule has 0 unspecified atom stereocenters. The van der Waals surface area contributed by atoms with E-state index in [1.54, 1.807) is 0 Å². The molecule has 0 atom stereocenters. The van der Waals surface area contributed by atoms with Crippen molar-refractivity contribution < 1.29 is 24.9 Å². The largest absolute Gasteiger partial charge is 0.478 e. The van der Waals surface area contributed by atoms with Gasteiger partial charge < -0.3 is 10.2 Å². The fraction of sp³-hybridized carbons (Fsp3) is 0. The molecule has 0 amide bonds. The van der Waals surface area contributed by atoms with Gasteiger partial charge in [0, 0.05) is 0 Å². The molecular formula is C8H5O5. The standard InChI is InChI=1S/C8H5O5/c9-6-2-4(7(10)11)1-5(3-6)8(12)13/h1-3H,(H,10,11)(H,12,13). The van der Waals surface area contributed by atoms with E-state index in [1.807, 2.05) is 0 Å². The summed E-state index contributed by atoms with van der Waals surface area (Å²) in [6, 6.07) is 2.68. The van der Waals surface area contributed by atoms with Gasteiger partial charge in [0.2, 0.25) is 0 Å². The van der Waals surface area contributed by atoms with Crippen molar-refractivity contribution in [1.82, 2.24) is 0 Å². The lowest BCUT2D eigenvalue weighted by atomic mass is 10.1. The second kappa shape index (κ2) is 3.14. The Bertz CT molecular complexity index is 337. The zero-order valence-corrected chi connectivity index (χ0v) is 6.35. The predicted octanol–water partition coefficient (Wildman–Crippen LogP) is 1.23. The highest BCUT2D eigenvalue weighted by Crippen LogP contribution is 2.16. The number of carbonyl (C=O) groups is 2. The number of aromatic carboxylic acids is 2. The Labute approximate surface area is 72.9 Å². The topological polar surface area (TPSA) is 94.5 Å². The highest BCUT2D eigenvalue weighted by Gasteiger charge is 2.11. The molecule has 5 nitrogen and oxygen atoms in total. The van der Waals surface area contributed by atoms with Gasteiger partial charge in [0.25, 0.3) is 0 Å². The number of rotatable bonds is 2. The van der Waals surface area contributed by atoms with Crippen molar-refractivity contribution in [3.8, 4) is 5.75 Å². The molecule has 0 saturated heterocycles. The van der Waals surface area contributed by atoms with E-state index < -0.39 is 17.7 Å². The minimum atomic E-state index is -1.32. The third-order valence-corrected chi connectivity index (χ3v) is 1.40. The Kier molecular flexibility index (Phi) is 2.19. The molecule has 5 heteroatoms. The van der Waals surface area contributed by atoms with E-state index in [1.165, 1.54) is 0 Å². The van der Waals surface area contributed by atoms with Gasteiger partial charge in [-0.3, -0.25) is 5.11 Å². The summed E-state index contributed by atoms with van der Waals surface area (Å²) in [6.07, 6.45) is 0. The van der Waals surface area contributed by atoms with Gasteiger partial charge in [-0.2, -0.15) is 0 Å². The van der Waals surface area contributed by atoms with E-state index in [0.29, 0.717) is 0 Å². The molecule has 0 bridgehead atoms. The maximum Gasteiger partial charge on any atom is 0.335 e. The van der Waals surface area contributed by atoms with E-state index in [4.69, 9.17) is 10.2 Å². The number of carboxylic acids is 2. The van der Waals surface area contributed by atoms with Crippen molar-refractivity contribution in [2.45, 2.75) is 0 Å². The highest BCUT2D eigenvalue weighted by molar-refractivity contribution is 5.94. The minimum Gasteiger partial charge on any atom is -0.478 e. The molecule has 0 aliphatic carbocycles. The molecule has 1 radical (unpaired) electrons. The molecule has 0 aliphatic heterocycles. The van der Waals surface area contributed by atoms with Crippen LogP contribution in [0.25, 0.3) is 0 Å². The summed E-state index contributed by atoms with van der Waals surface area (Å²) in [6.45, 7) is 0. The Hall–Kier alpha value is -2.04. The zero-order valence-electron chi connectivity index (χ0n) is 6.35. The molecule has 13 heavy (non-hydrogen) atoms. The molecule has 67 valence electrons. The zero-order chi connectivity index (χ0) is 10.0. The molecule has 0 aliphatic rings. The van der Waals surface area contributed by atoms with Crippen LogP contribution in [0.1, 0.15) is 20.7 Å². The number of carboxylic acid groups (broad SMARTS) is 2. The first kappa shape index (κ1) is 9.05. The molecule has 0 saturated carbocycles. The first-order chi connectivity index (χ1) is 6.00. The lowest BCUT2D eigenvalue weighted by Gasteiger charge is -1.97. The molecule has 2 N–H and O–H groups in total. The van der Waals surface area contributed by atoms with Crippen LogP contribution >= 0.6 is 0 Å². The molecule has 1 aromatic carbocycles. The van der Waals surface area contributed by atoms with E-state index >= 15 is 0 Å².